The largest absolute Gasteiger partial charge is 0.494 e. The smallest absolute Gasteiger partial charge is 0.321 e. The number of anilines is 1. The minimum Gasteiger partial charge on any atom is -0.494 e. The number of rotatable bonds is 6. The maximum atomic E-state index is 12.4. The summed E-state index contributed by atoms with van der Waals surface area (Å²) in [4.78, 5) is 14.2. The minimum absolute atomic E-state index is 0.0918. The first-order valence-corrected chi connectivity index (χ1v) is 8.54. The van der Waals surface area contributed by atoms with Crippen LogP contribution in [0, 0.1) is 12.8 Å². The molecule has 1 aromatic rings. The van der Waals surface area contributed by atoms with E-state index in [0.29, 0.717) is 6.54 Å². The molecule has 5 nitrogen and oxygen atoms in total. The maximum Gasteiger partial charge on any atom is 0.321 e. The lowest BCUT2D eigenvalue weighted by Crippen LogP contribution is -2.43. The van der Waals surface area contributed by atoms with Gasteiger partial charge in [-0.25, -0.2) is 4.79 Å². The first kappa shape index (κ1) is 17.6. The van der Waals surface area contributed by atoms with Crippen LogP contribution in [0.3, 0.4) is 0 Å². The highest BCUT2D eigenvalue weighted by Crippen LogP contribution is 2.23. The lowest BCUT2D eigenvalue weighted by Gasteiger charge is -2.32. The van der Waals surface area contributed by atoms with Crippen LogP contribution in [-0.4, -0.2) is 42.3 Å². The Labute approximate surface area is 138 Å². The number of aryl methyl sites for hydroxylation is 1. The highest BCUT2D eigenvalue weighted by molar-refractivity contribution is 5.90. The quantitative estimate of drug-likeness (QED) is 0.790. The number of benzene rings is 1. The standard InChI is InChI=1S/C18H28N2O3/c1-3-4-10-23-16-7-8-17(14(2)11-16)19-18(22)20-9-5-6-15(12-20)13-21/h7-8,11,15,21H,3-6,9-10,12-13H2,1-2H3,(H,19,22). The third-order valence-electron chi connectivity index (χ3n) is 4.27. The molecule has 0 bridgehead atoms. The molecule has 2 amide bonds. The molecule has 0 saturated carbocycles. The average Bonchev–Trinajstić information content (AvgIpc) is 2.57. The number of carbonyl (C=O) groups excluding carboxylic acids is 1. The molecule has 1 fully saturated rings. The molecule has 1 heterocycles. The highest BCUT2D eigenvalue weighted by Gasteiger charge is 2.23. The van der Waals surface area contributed by atoms with Gasteiger partial charge >= 0.3 is 6.03 Å². The van der Waals surface area contributed by atoms with E-state index in [9.17, 15) is 9.90 Å². The molecule has 0 aromatic heterocycles. The van der Waals surface area contributed by atoms with E-state index >= 15 is 0 Å². The second kappa shape index (κ2) is 8.77. The number of carbonyl (C=O) groups is 1. The van der Waals surface area contributed by atoms with Crippen molar-refractivity contribution < 1.29 is 14.6 Å². The first-order chi connectivity index (χ1) is 11.1. The van der Waals surface area contributed by atoms with E-state index in [1.165, 1.54) is 0 Å². The van der Waals surface area contributed by atoms with Gasteiger partial charge in [-0.1, -0.05) is 13.3 Å². The molecular formula is C18H28N2O3. The van der Waals surface area contributed by atoms with Crippen molar-refractivity contribution in [2.75, 3.05) is 31.6 Å². The Hall–Kier alpha value is -1.75. The number of hydrogen-bond acceptors (Lipinski definition) is 3. The van der Waals surface area contributed by atoms with Crippen molar-refractivity contribution in [2.45, 2.75) is 39.5 Å². The van der Waals surface area contributed by atoms with Crippen LogP contribution < -0.4 is 10.1 Å². The number of nitrogens with zero attached hydrogens (tertiary/aromatic N) is 1. The number of likely N-dealkylation sites (tertiary alicyclic amines) is 1. The number of amides is 2. The van der Waals surface area contributed by atoms with Crippen molar-refractivity contribution >= 4 is 11.7 Å². The Morgan fingerprint density at radius 3 is 3.00 bits per heavy atom. The van der Waals surface area contributed by atoms with Crippen LogP contribution in [0.5, 0.6) is 5.75 Å². The number of piperidine rings is 1. The molecule has 0 aliphatic carbocycles. The van der Waals surface area contributed by atoms with Crippen LogP contribution in [0.25, 0.3) is 0 Å². The Morgan fingerprint density at radius 2 is 2.30 bits per heavy atom. The molecule has 1 aliphatic rings. The monoisotopic (exact) mass is 320 g/mol. The SMILES string of the molecule is CCCCOc1ccc(NC(=O)N2CCCC(CO)C2)c(C)c1. The second-order valence-corrected chi connectivity index (χ2v) is 6.25. The molecule has 128 valence electrons. The number of nitrogens with one attached hydrogen (secondary N) is 1. The van der Waals surface area contributed by atoms with Crippen LogP contribution in [0.4, 0.5) is 10.5 Å². The summed E-state index contributed by atoms with van der Waals surface area (Å²) in [5.74, 6) is 1.04. The fourth-order valence-corrected chi connectivity index (χ4v) is 2.79. The van der Waals surface area contributed by atoms with Crippen molar-refractivity contribution in [3.05, 3.63) is 23.8 Å². The predicted octanol–water partition coefficient (Wildman–Crippen LogP) is 3.41. The number of unbranched alkanes of at least 4 members (excludes halogenated alkanes) is 1. The van der Waals surface area contributed by atoms with Gasteiger partial charge in [0, 0.05) is 25.4 Å². The minimum atomic E-state index is -0.0918. The third-order valence-corrected chi connectivity index (χ3v) is 4.27. The van der Waals surface area contributed by atoms with Gasteiger partial charge in [-0.2, -0.15) is 0 Å². The molecule has 1 saturated heterocycles. The van der Waals surface area contributed by atoms with Crippen LogP contribution in [0.15, 0.2) is 18.2 Å². The van der Waals surface area contributed by atoms with Crippen molar-refractivity contribution in [3.63, 3.8) is 0 Å². The van der Waals surface area contributed by atoms with Crippen molar-refractivity contribution in [3.8, 4) is 5.75 Å². The molecule has 2 rings (SSSR count). The molecule has 1 unspecified atom stereocenters. The second-order valence-electron chi connectivity index (χ2n) is 6.25. The number of ether oxygens (including phenoxy) is 1. The van der Waals surface area contributed by atoms with Gasteiger partial charge in [-0.05, 0) is 55.9 Å². The van der Waals surface area contributed by atoms with E-state index in [2.05, 4.69) is 12.2 Å². The normalized spacial score (nSPS) is 17.9. The van der Waals surface area contributed by atoms with Gasteiger partial charge in [-0.15, -0.1) is 0 Å². The van der Waals surface area contributed by atoms with Gasteiger partial charge < -0.3 is 20.1 Å². The summed E-state index contributed by atoms with van der Waals surface area (Å²) in [6, 6.07) is 5.65. The van der Waals surface area contributed by atoms with Gasteiger partial charge in [0.05, 0.1) is 6.61 Å². The topological polar surface area (TPSA) is 61.8 Å². The Bertz CT molecular complexity index is 519. The van der Waals surface area contributed by atoms with Crippen LogP contribution in [0.2, 0.25) is 0 Å². The van der Waals surface area contributed by atoms with Gasteiger partial charge in [0.15, 0.2) is 0 Å². The van der Waals surface area contributed by atoms with Crippen LogP contribution in [-0.2, 0) is 0 Å². The van der Waals surface area contributed by atoms with Crippen LogP contribution in [0.1, 0.15) is 38.2 Å². The van der Waals surface area contributed by atoms with Gasteiger partial charge in [0.25, 0.3) is 0 Å². The molecular weight excluding hydrogens is 292 g/mol. The van der Waals surface area contributed by atoms with E-state index < -0.39 is 0 Å². The van der Waals surface area contributed by atoms with Gasteiger partial charge in [0.1, 0.15) is 5.75 Å². The maximum absolute atomic E-state index is 12.4. The van der Waals surface area contributed by atoms with Crippen molar-refractivity contribution in [1.82, 2.24) is 4.90 Å². The zero-order valence-corrected chi connectivity index (χ0v) is 14.2. The number of aliphatic hydroxyl groups excluding tert-OH is 1. The third kappa shape index (κ3) is 5.13. The molecule has 23 heavy (non-hydrogen) atoms. The summed E-state index contributed by atoms with van der Waals surface area (Å²) in [6.45, 7) is 6.34. The lowest BCUT2D eigenvalue weighted by atomic mass is 9.99. The predicted molar refractivity (Wildman–Crippen MR) is 92.0 cm³/mol. The highest BCUT2D eigenvalue weighted by atomic mass is 16.5. The Balaban J connectivity index is 1.92. The molecule has 5 heteroatoms. The van der Waals surface area contributed by atoms with Gasteiger partial charge in [-0.3, -0.25) is 0 Å². The number of urea groups is 1. The molecule has 1 atom stereocenters. The van der Waals surface area contributed by atoms with E-state index in [1.54, 1.807) is 4.90 Å². The fraction of sp³-hybridized carbons (Fsp3) is 0.611. The Kier molecular flexibility index (Phi) is 6.71. The molecule has 2 N–H and O–H groups in total. The number of aliphatic hydroxyl groups is 1. The number of hydrogen-bond donors (Lipinski definition) is 2. The van der Waals surface area contributed by atoms with E-state index in [4.69, 9.17) is 4.74 Å². The summed E-state index contributed by atoms with van der Waals surface area (Å²) >= 11 is 0. The molecule has 1 aliphatic heterocycles. The van der Waals surface area contributed by atoms with E-state index in [-0.39, 0.29) is 18.6 Å². The summed E-state index contributed by atoms with van der Waals surface area (Å²) in [5.41, 5.74) is 1.80. The fourth-order valence-electron chi connectivity index (χ4n) is 2.79. The summed E-state index contributed by atoms with van der Waals surface area (Å²) in [6.07, 6.45) is 4.08. The zero-order valence-electron chi connectivity index (χ0n) is 14.2. The molecule has 1 aromatic carbocycles. The molecule has 0 spiro atoms. The Morgan fingerprint density at radius 1 is 1.48 bits per heavy atom. The average molecular weight is 320 g/mol. The van der Waals surface area contributed by atoms with Gasteiger partial charge in [0.2, 0.25) is 0 Å². The summed E-state index contributed by atoms with van der Waals surface area (Å²) < 4.78 is 5.68. The summed E-state index contributed by atoms with van der Waals surface area (Å²) in [5, 5.41) is 12.2. The van der Waals surface area contributed by atoms with E-state index in [0.717, 1.165) is 55.8 Å². The van der Waals surface area contributed by atoms with E-state index in [1.807, 2.05) is 25.1 Å². The van der Waals surface area contributed by atoms with Crippen LogP contribution >= 0.6 is 0 Å². The zero-order chi connectivity index (χ0) is 16.7. The molecule has 0 radical (unpaired) electrons. The first-order valence-electron chi connectivity index (χ1n) is 8.54. The van der Waals surface area contributed by atoms with Crippen molar-refractivity contribution in [1.29, 1.82) is 0 Å². The summed E-state index contributed by atoms with van der Waals surface area (Å²) in [7, 11) is 0. The van der Waals surface area contributed by atoms with Crippen molar-refractivity contribution in [2.24, 2.45) is 5.92 Å². The lowest BCUT2D eigenvalue weighted by molar-refractivity contribution is 0.136.